The second kappa shape index (κ2) is 9.47. The molecule has 1 aliphatic heterocycles. The van der Waals surface area contributed by atoms with Crippen LogP contribution in [-0.2, 0) is 6.54 Å². The van der Waals surface area contributed by atoms with E-state index in [1.54, 1.807) is 0 Å². The van der Waals surface area contributed by atoms with Gasteiger partial charge < -0.3 is 15.5 Å². The molecule has 6 nitrogen and oxygen atoms in total. The molecule has 0 spiro atoms. The molecule has 0 radical (unpaired) electrons. The molecule has 134 valence electrons. The molecule has 0 bridgehead atoms. The molecule has 1 saturated heterocycles. The molecule has 6 heteroatoms. The maximum absolute atomic E-state index is 4.73. The van der Waals surface area contributed by atoms with E-state index in [1.165, 1.54) is 24.9 Å². The van der Waals surface area contributed by atoms with Gasteiger partial charge in [0.25, 0.3) is 0 Å². The van der Waals surface area contributed by atoms with E-state index in [4.69, 9.17) is 4.99 Å². The summed E-state index contributed by atoms with van der Waals surface area (Å²) in [6.07, 6.45) is 4.42. The van der Waals surface area contributed by atoms with E-state index in [-0.39, 0.29) is 0 Å². The van der Waals surface area contributed by atoms with Gasteiger partial charge in [0, 0.05) is 39.4 Å². The van der Waals surface area contributed by atoms with Crippen molar-refractivity contribution >= 4 is 11.8 Å². The van der Waals surface area contributed by atoms with Gasteiger partial charge in [-0.2, -0.15) is 0 Å². The van der Waals surface area contributed by atoms with Crippen LogP contribution in [0.4, 0.5) is 5.82 Å². The van der Waals surface area contributed by atoms with E-state index in [1.807, 2.05) is 31.3 Å². The van der Waals surface area contributed by atoms with Crippen molar-refractivity contribution in [2.45, 2.75) is 39.3 Å². The predicted octanol–water partition coefficient (Wildman–Crippen LogP) is 1.69. The van der Waals surface area contributed by atoms with Crippen LogP contribution < -0.4 is 15.5 Å². The lowest BCUT2D eigenvalue weighted by Gasteiger charge is -2.24. The summed E-state index contributed by atoms with van der Waals surface area (Å²) in [5, 5.41) is 6.85. The number of anilines is 1. The van der Waals surface area contributed by atoms with Gasteiger partial charge >= 0.3 is 0 Å². The summed E-state index contributed by atoms with van der Waals surface area (Å²) in [7, 11) is 4.00. The SMILES string of the molecule is CCNC(=NCc1ccnc(N(C)C)c1)NCC1CCCN1CC. The zero-order chi connectivity index (χ0) is 17.4. The van der Waals surface area contributed by atoms with Gasteiger partial charge in [0.1, 0.15) is 5.82 Å². The maximum Gasteiger partial charge on any atom is 0.191 e. The molecule has 0 aliphatic carbocycles. The first-order valence-electron chi connectivity index (χ1n) is 9.02. The normalized spacial score (nSPS) is 18.7. The highest BCUT2D eigenvalue weighted by atomic mass is 15.2. The Morgan fingerprint density at radius 3 is 2.92 bits per heavy atom. The number of hydrogen-bond acceptors (Lipinski definition) is 4. The van der Waals surface area contributed by atoms with Crippen molar-refractivity contribution in [3.8, 4) is 0 Å². The van der Waals surface area contributed by atoms with Crippen molar-refractivity contribution in [1.82, 2.24) is 20.5 Å². The standard InChI is InChI=1S/C18H32N6/c1-5-19-18(22-14-16-8-7-11-24(16)6-2)21-13-15-9-10-20-17(12-15)23(3)4/h9-10,12,16H,5-8,11,13-14H2,1-4H3,(H2,19,21,22). The summed E-state index contributed by atoms with van der Waals surface area (Å²) in [6, 6.07) is 4.73. The third kappa shape index (κ3) is 5.37. The number of aliphatic imine (C=N–C) groups is 1. The molecule has 2 N–H and O–H groups in total. The van der Waals surface area contributed by atoms with Gasteiger partial charge in [0.05, 0.1) is 6.54 Å². The fourth-order valence-electron chi connectivity index (χ4n) is 3.07. The molecule has 2 heterocycles. The quantitative estimate of drug-likeness (QED) is 0.588. The number of guanidine groups is 1. The summed E-state index contributed by atoms with van der Waals surface area (Å²) in [6.45, 7) is 9.17. The molecule has 1 atom stereocenters. The monoisotopic (exact) mass is 332 g/mol. The Hall–Kier alpha value is -1.82. The number of nitrogens with zero attached hydrogens (tertiary/aromatic N) is 4. The van der Waals surface area contributed by atoms with Crippen molar-refractivity contribution < 1.29 is 0 Å². The molecule has 1 aromatic heterocycles. The lowest BCUT2D eigenvalue weighted by atomic mass is 10.2. The first-order chi connectivity index (χ1) is 11.6. The molecule has 1 unspecified atom stereocenters. The summed E-state index contributed by atoms with van der Waals surface area (Å²) in [5.41, 5.74) is 1.17. The Kier molecular flexibility index (Phi) is 7.31. The Bertz CT molecular complexity index is 528. The number of hydrogen-bond donors (Lipinski definition) is 2. The highest BCUT2D eigenvalue weighted by molar-refractivity contribution is 5.79. The van der Waals surface area contributed by atoms with Crippen LogP contribution in [0.25, 0.3) is 0 Å². The number of pyridine rings is 1. The van der Waals surface area contributed by atoms with Gasteiger partial charge in [-0.25, -0.2) is 9.98 Å². The average Bonchev–Trinajstić information content (AvgIpc) is 3.05. The van der Waals surface area contributed by atoms with Crippen molar-refractivity contribution in [3.05, 3.63) is 23.9 Å². The summed E-state index contributed by atoms with van der Waals surface area (Å²) in [4.78, 5) is 13.6. The van der Waals surface area contributed by atoms with Crippen LogP contribution in [0.3, 0.4) is 0 Å². The fraction of sp³-hybridized carbons (Fsp3) is 0.667. The van der Waals surface area contributed by atoms with Gasteiger partial charge in [0.2, 0.25) is 0 Å². The summed E-state index contributed by atoms with van der Waals surface area (Å²) in [5.74, 6) is 1.86. The molecule has 2 rings (SSSR count). The lowest BCUT2D eigenvalue weighted by molar-refractivity contribution is 0.267. The van der Waals surface area contributed by atoms with E-state index < -0.39 is 0 Å². The van der Waals surface area contributed by atoms with Crippen molar-refractivity contribution in [3.63, 3.8) is 0 Å². The van der Waals surface area contributed by atoms with E-state index in [2.05, 4.69) is 40.4 Å². The number of rotatable bonds is 7. The minimum absolute atomic E-state index is 0.625. The average molecular weight is 332 g/mol. The Morgan fingerprint density at radius 2 is 2.21 bits per heavy atom. The molecule has 0 amide bonds. The summed E-state index contributed by atoms with van der Waals surface area (Å²) >= 11 is 0. The topological polar surface area (TPSA) is 55.8 Å². The number of aromatic nitrogens is 1. The lowest BCUT2D eigenvalue weighted by Crippen LogP contribution is -2.44. The number of likely N-dealkylation sites (tertiary alicyclic amines) is 1. The van der Waals surface area contributed by atoms with E-state index in [9.17, 15) is 0 Å². The second-order valence-corrected chi connectivity index (χ2v) is 6.42. The Balaban J connectivity index is 1.93. The molecule has 1 aliphatic rings. The third-order valence-electron chi connectivity index (χ3n) is 4.44. The van der Waals surface area contributed by atoms with Crippen LogP contribution in [0.2, 0.25) is 0 Å². The highest BCUT2D eigenvalue weighted by Crippen LogP contribution is 2.15. The van der Waals surface area contributed by atoms with Crippen molar-refractivity contribution in [1.29, 1.82) is 0 Å². The van der Waals surface area contributed by atoms with Gasteiger partial charge in [-0.05, 0) is 50.6 Å². The minimum Gasteiger partial charge on any atom is -0.363 e. The number of nitrogens with one attached hydrogen (secondary N) is 2. The third-order valence-corrected chi connectivity index (χ3v) is 4.44. The van der Waals surface area contributed by atoms with Crippen LogP contribution >= 0.6 is 0 Å². The largest absolute Gasteiger partial charge is 0.363 e. The molecular weight excluding hydrogens is 300 g/mol. The van der Waals surface area contributed by atoms with Crippen LogP contribution in [0.1, 0.15) is 32.3 Å². The predicted molar refractivity (Wildman–Crippen MR) is 102 cm³/mol. The smallest absolute Gasteiger partial charge is 0.191 e. The van der Waals surface area contributed by atoms with Gasteiger partial charge in [-0.3, -0.25) is 4.90 Å². The minimum atomic E-state index is 0.625. The highest BCUT2D eigenvalue weighted by Gasteiger charge is 2.22. The van der Waals surface area contributed by atoms with Crippen LogP contribution in [-0.4, -0.2) is 62.2 Å². The van der Waals surface area contributed by atoms with E-state index in [0.29, 0.717) is 12.6 Å². The van der Waals surface area contributed by atoms with Crippen LogP contribution in [0.5, 0.6) is 0 Å². The van der Waals surface area contributed by atoms with E-state index >= 15 is 0 Å². The van der Waals surface area contributed by atoms with Crippen LogP contribution in [0, 0.1) is 0 Å². The molecule has 0 aromatic carbocycles. The van der Waals surface area contributed by atoms with E-state index in [0.717, 1.165) is 31.4 Å². The zero-order valence-corrected chi connectivity index (χ0v) is 15.5. The molecule has 1 fully saturated rings. The van der Waals surface area contributed by atoms with Gasteiger partial charge in [-0.1, -0.05) is 6.92 Å². The number of likely N-dealkylation sites (N-methyl/N-ethyl adjacent to an activating group) is 1. The van der Waals surface area contributed by atoms with Crippen LogP contribution in [0.15, 0.2) is 23.3 Å². The van der Waals surface area contributed by atoms with Crippen molar-refractivity contribution in [2.24, 2.45) is 4.99 Å². The first-order valence-corrected chi connectivity index (χ1v) is 9.02. The molecule has 1 aromatic rings. The zero-order valence-electron chi connectivity index (χ0n) is 15.5. The van der Waals surface area contributed by atoms with Gasteiger partial charge in [0.15, 0.2) is 5.96 Å². The summed E-state index contributed by atoms with van der Waals surface area (Å²) < 4.78 is 0. The Labute approximate surface area is 146 Å². The van der Waals surface area contributed by atoms with Crippen molar-refractivity contribution in [2.75, 3.05) is 45.2 Å². The molecular formula is C18H32N6. The second-order valence-electron chi connectivity index (χ2n) is 6.42. The maximum atomic E-state index is 4.73. The Morgan fingerprint density at radius 1 is 1.38 bits per heavy atom. The fourth-order valence-corrected chi connectivity index (χ4v) is 3.07. The molecule has 24 heavy (non-hydrogen) atoms. The van der Waals surface area contributed by atoms with Gasteiger partial charge in [-0.15, -0.1) is 0 Å². The molecule has 0 saturated carbocycles. The first kappa shape index (κ1) is 18.5.